The number of aliphatic carboxylic acids is 1. The molecule has 1 saturated heterocycles. The fourth-order valence-corrected chi connectivity index (χ4v) is 7.53. The van der Waals surface area contributed by atoms with Crippen LogP contribution in [0.25, 0.3) is 11.4 Å². The number of nitrogens with zero attached hydrogens (tertiary/aromatic N) is 7. The van der Waals surface area contributed by atoms with Gasteiger partial charge in [0.05, 0.1) is 11.7 Å². The zero-order valence-corrected chi connectivity index (χ0v) is 24.0. The second kappa shape index (κ2) is 11.8. The molecule has 5 rings (SSSR count). The highest BCUT2D eigenvalue weighted by atomic mass is 32.2. The number of rotatable bonds is 10. The van der Waals surface area contributed by atoms with Crippen LogP contribution >= 0.6 is 46.6 Å². The molecule has 20 heteroatoms. The third-order valence-electron chi connectivity index (χ3n) is 5.57. The zero-order chi connectivity index (χ0) is 29.3. The minimum Gasteiger partial charge on any atom is -0.543 e. The molecule has 0 saturated carbocycles. The van der Waals surface area contributed by atoms with Gasteiger partial charge in [0, 0.05) is 39.9 Å². The van der Waals surface area contributed by atoms with Crippen LogP contribution in [0.4, 0.5) is 5.13 Å². The summed E-state index contributed by atoms with van der Waals surface area (Å²) in [4.78, 5) is 63.7. The predicted molar refractivity (Wildman–Crippen MR) is 146 cm³/mol. The van der Waals surface area contributed by atoms with Crippen LogP contribution in [0.3, 0.4) is 0 Å². The minimum absolute atomic E-state index is 0.0322. The third kappa shape index (κ3) is 5.85. The quantitative estimate of drug-likeness (QED) is 0.0940. The summed E-state index contributed by atoms with van der Waals surface area (Å²) in [5.41, 5.74) is 10.9. The Kier molecular flexibility index (Phi) is 8.15. The first-order valence-electron chi connectivity index (χ1n) is 11.4. The summed E-state index contributed by atoms with van der Waals surface area (Å²) in [5.74, 6) is -2.88. The summed E-state index contributed by atoms with van der Waals surface area (Å²) in [6.07, 6.45) is 3.33. The fraction of sp³-hybridized carbons (Fsp3) is 0.238. The number of carboxylic acids is 1. The highest BCUT2D eigenvalue weighted by Gasteiger charge is 2.53. The second-order valence-corrected chi connectivity index (χ2v) is 12.2. The van der Waals surface area contributed by atoms with Gasteiger partial charge in [-0.25, -0.2) is 4.98 Å². The Labute approximate surface area is 247 Å². The highest BCUT2D eigenvalue weighted by molar-refractivity contribution is 8.07. The van der Waals surface area contributed by atoms with Gasteiger partial charge >= 0.3 is 0 Å². The van der Waals surface area contributed by atoms with Crippen molar-refractivity contribution in [2.24, 2.45) is 10.9 Å². The maximum atomic E-state index is 13.0. The molecule has 0 spiro atoms. The number of carbonyl (C=O) groups is 4. The number of nitrogens with two attached hydrogens (primary N) is 2. The summed E-state index contributed by atoms with van der Waals surface area (Å²) in [7, 11) is 1.23. The van der Waals surface area contributed by atoms with Crippen molar-refractivity contribution in [3.8, 4) is 11.4 Å². The lowest BCUT2D eigenvalue weighted by Crippen LogP contribution is -2.71. The number of anilines is 1. The molecule has 1 unspecified atom stereocenters. The lowest BCUT2D eigenvalue weighted by Gasteiger charge is -2.50. The van der Waals surface area contributed by atoms with Crippen LogP contribution in [0.15, 0.2) is 44.6 Å². The number of nitrogen functional groups attached to an aromatic ring is 1. The zero-order valence-electron chi connectivity index (χ0n) is 20.7. The van der Waals surface area contributed by atoms with Gasteiger partial charge in [-0.1, -0.05) is 16.9 Å². The smallest absolute Gasteiger partial charge is 0.283 e. The van der Waals surface area contributed by atoms with Crippen molar-refractivity contribution in [1.29, 1.82) is 0 Å². The maximum absolute atomic E-state index is 13.0. The number of pyridine rings is 1. The molecule has 16 nitrogen and oxygen atoms in total. The first-order valence-corrected chi connectivity index (χ1v) is 14.8. The molecule has 0 aromatic carbocycles. The van der Waals surface area contributed by atoms with Crippen LogP contribution in [0.2, 0.25) is 0 Å². The van der Waals surface area contributed by atoms with E-state index in [1.807, 2.05) is 0 Å². The van der Waals surface area contributed by atoms with Crippen LogP contribution in [0.1, 0.15) is 5.82 Å². The Balaban J connectivity index is 1.30. The third-order valence-corrected chi connectivity index (χ3v) is 9.41. The summed E-state index contributed by atoms with van der Waals surface area (Å²) in [5, 5.41) is 17.7. The molecule has 2 aliphatic rings. The van der Waals surface area contributed by atoms with Gasteiger partial charge in [-0.05, 0) is 11.5 Å². The summed E-state index contributed by atoms with van der Waals surface area (Å²) < 4.78 is 10.3. The molecule has 3 amide bonds. The lowest BCUT2D eigenvalue weighted by atomic mass is 10.0. The number of aromatic nitrogens is 5. The van der Waals surface area contributed by atoms with Gasteiger partial charge in [-0.3, -0.25) is 19.3 Å². The molecule has 0 bridgehead atoms. The monoisotopic (exact) mass is 634 g/mol. The van der Waals surface area contributed by atoms with E-state index in [4.69, 9.17) is 16.3 Å². The topological polar surface area (TPSA) is 236 Å². The SMILES string of the molecule is CO/N=C(\C(=O)N[C@@H]1C(=O)N2C(C(=O)[O-])=C(Sc3nc(-c4cc[n+](CC(N)=O)cc4)ns3)CSC12)c1nsc(N)n1. The van der Waals surface area contributed by atoms with E-state index in [2.05, 4.69) is 29.2 Å². The van der Waals surface area contributed by atoms with E-state index in [9.17, 15) is 24.3 Å². The molecule has 212 valence electrons. The van der Waals surface area contributed by atoms with E-state index in [-0.39, 0.29) is 34.7 Å². The average Bonchev–Trinajstić information content (AvgIpc) is 3.59. The molecule has 0 aliphatic carbocycles. The Morgan fingerprint density at radius 1 is 1.27 bits per heavy atom. The first-order chi connectivity index (χ1) is 19.7. The molecular weight excluding hydrogens is 617 g/mol. The average molecular weight is 635 g/mol. The van der Waals surface area contributed by atoms with E-state index < -0.39 is 35.1 Å². The number of carboxylic acid groups (broad SMARTS) is 1. The van der Waals surface area contributed by atoms with Gasteiger partial charge in [0.25, 0.3) is 17.7 Å². The lowest BCUT2D eigenvalue weighted by molar-refractivity contribution is -0.684. The number of primary amides is 1. The fourth-order valence-electron chi connectivity index (χ4n) is 3.84. The van der Waals surface area contributed by atoms with E-state index in [0.717, 1.165) is 39.7 Å². The number of hydrogen-bond donors (Lipinski definition) is 3. The Morgan fingerprint density at radius 3 is 2.66 bits per heavy atom. The first kappa shape index (κ1) is 28.4. The van der Waals surface area contributed by atoms with Crippen LogP contribution < -0.4 is 26.5 Å². The molecule has 2 aliphatic heterocycles. The maximum Gasteiger partial charge on any atom is 0.283 e. The number of thioether (sulfide) groups is 2. The molecule has 3 aromatic heterocycles. The predicted octanol–water partition coefficient (Wildman–Crippen LogP) is -2.08. The van der Waals surface area contributed by atoms with E-state index >= 15 is 0 Å². The molecule has 3 aromatic rings. The Hall–Kier alpha value is -4.14. The van der Waals surface area contributed by atoms with Crippen molar-refractivity contribution < 1.29 is 33.7 Å². The number of carbonyl (C=O) groups excluding carboxylic acids is 4. The van der Waals surface area contributed by atoms with Crippen LogP contribution in [-0.2, 0) is 30.6 Å². The van der Waals surface area contributed by atoms with Crippen LogP contribution in [0.5, 0.6) is 0 Å². The van der Waals surface area contributed by atoms with Gasteiger partial charge in [-0.2, -0.15) is 18.3 Å². The Morgan fingerprint density at radius 2 is 2.02 bits per heavy atom. The van der Waals surface area contributed by atoms with Crippen LogP contribution in [-0.4, -0.2) is 77.3 Å². The van der Waals surface area contributed by atoms with Crippen molar-refractivity contribution in [2.45, 2.75) is 22.3 Å². The summed E-state index contributed by atoms with van der Waals surface area (Å²) in [6.45, 7) is 0.0322. The number of β-lactam (4-membered cyclic amide) rings is 1. The number of amides is 3. The van der Waals surface area contributed by atoms with E-state index in [1.165, 1.54) is 18.9 Å². The largest absolute Gasteiger partial charge is 0.543 e. The van der Waals surface area contributed by atoms with Crippen molar-refractivity contribution in [1.82, 2.24) is 28.9 Å². The number of fused-ring (bicyclic) bond motifs is 1. The molecular formula is C21H18N10O6S4. The highest BCUT2D eigenvalue weighted by Crippen LogP contribution is 2.45. The van der Waals surface area contributed by atoms with Gasteiger partial charge in [0.15, 0.2) is 27.7 Å². The van der Waals surface area contributed by atoms with Crippen molar-refractivity contribution >= 4 is 81.1 Å². The van der Waals surface area contributed by atoms with E-state index in [0.29, 0.717) is 20.6 Å². The molecule has 5 N–H and O–H groups in total. The Bertz CT molecular complexity index is 1600. The van der Waals surface area contributed by atoms with Gasteiger partial charge in [-0.15, -0.1) is 11.8 Å². The number of hydrogen-bond acceptors (Lipinski definition) is 16. The summed E-state index contributed by atoms with van der Waals surface area (Å²) in [6, 6.07) is 2.42. The minimum atomic E-state index is -1.54. The van der Waals surface area contributed by atoms with E-state index in [1.54, 1.807) is 29.1 Å². The molecule has 2 atom stereocenters. The van der Waals surface area contributed by atoms with Crippen molar-refractivity contribution in [2.75, 3.05) is 18.6 Å². The normalized spacial score (nSPS) is 18.5. The number of nitrogens with one attached hydrogen (secondary N) is 1. The van der Waals surface area contributed by atoms with Gasteiger partial charge < -0.3 is 31.5 Å². The molecule has 5 heterocycles. The molecule has 41 heavy (non-hydrogen) atoms. The van der Waals surface area contributed by atoms with Crippen LogP contribution in [0, 0.1) is 0 Å². The number of oxime groups is 1. The van der Waals surface area contributed by atoms with Gasteiger partial charge in [0.2, 0.25) is 18.1 Å². The molecule has 0 radical (unpaired) electrons. The second-order valence-electron chi connectivity index (χ2n) is 8.21. The van der Waals surface area contributed by atoms with Crippen molar-refractivity contribution in [3.05, 3.63) is 41.0 Å². The van der Waals surface area contributed by atoms with Gasteiger partial charge in [0.1, 0.15) is 18.5 Å². The van der Waals surface area contributed by atoms with Crippen molar-refractivity contribution in [3.63, 3.8) is 0 Å². The summed E-state index contributed by atoms with van der Waals surface area (Å²) >= 11 is 4.25. The molecule has 1 fully saturated rings. The standard InChI is InChI=1S/C21H18N10O6S4/c1-37-27-11(15-25-20(23)40-29-15)16(33)24-12-17(34)31-13(19(35)36)9(7-38-18(12)31)39-21-26-14(28-41-21)8-2-4-30(5-3-8)6-10(22)32/h2-5,12,18H,6-7H2,1H3,(H5-,22,23,24,25,29,32,33,35,36)/b27-11-/t12-,18?/m1/s1.